The Hall–Kier alpha value is -1.22. The summed E-state index contributed by atoms with van der Waals surface area (Å²) in [5.41, 5.74) is 8.20. The highest BCUT2D eigenvalue weighted by Gasteiger charge is 2.11. The highest BCUT2D eigenvalue weighted by Crippen LogP contribution is 2.19. The van der Waals surface area contributed by atoms with Crippen LogP contribution in [0.15, 0.2) is 5.11 Å². The van der Waals surface area contributed by atoms with Crippen LogP contribution in [0.5, 0.6) is 0 Å². The normalized spacial score (nSPS) is 11.7. The van der Waals surface area contributed by atoms with Gasteiger partial charge in [0.25, 0.3) is 0 Å². The van der Waals surface area contributed by atoms with Crippen molar-refractivity contribution >= 4 is 6.09 Å². The average molecular weight is 311 g/mol. The number of unbranched alkanes of at least 4 members (excludes halogenated alkanes) is 8. The molecule has 0 radical (unpaired) electrons. The van der Waals surface area contributed by atoms with Crippen LogP contribution in [0.25, 0.3) is 10.4 Å². The fraction of sp³-hybridized carbons (Fsp3) is 0.941. The van der Waals surface area contributed by atoms with Gasteiger partial charge in [-0.3, -0.25) is 0 Å². The molecule has 0 heterocycles. The smallest absolute Gasteiger partial charge is 0.396 e. The first-order valence-corrected chi connectivity index (χ1v) is 8.96. The van der Waals surface area contributed by atoms with E-state index in [0.29, 0.717) is 12.5 Å². The van der Waals surface area contributed by atoms with E-state index in [-0.39, 0.29) is 0 Å². The molecule has 1 atom stereocenters. The minimum absolute atomic E-state index is 0.388. The molecule has 0 aromatic heterocycles. The Balaban J connectivity index is 3.93. The summed E-state index contributed by atoms with van der Waals surface area (Å²) in [7, 11) is 0. The summed E-state index contributed by atoms with van der Waals surface area (Å²) in [5, 5.41) is 2.96. The molecule has 0 N–H and O–H groups in total. The minimum Gasteiger partial charge on any atom is -0.461 e. The quantitative estimate of drug-likeness (QED) is 0.153. The molecule has 0 spiro atoms. The van der Waals surface area contributed by atoms with Crippen LogP contribution in [0.2, 0.25) is 0 Å². The van der Waals surface area contributed by atoms with Crippen LogP contribution in [0.4, 0.5) is 4.79 Å². The Bertz CT molecular complexity index is 315. The molecule has 5 heteroatoms. The molecular weight excluding hydrogens is 278 g/mol. The molecular formula is C17H33N3O2. The highest BCUT2D eigenvalue weighted by molar-refractivity contribution is 5.67. The highest BCUT2D eigenvalue weighted by atomic mass is 16.5. The molecule has 5 nitrogen and oxygen atoms in total. The van der Waals surface area contributed by atoms with Gasteiger partial charge in [-0.1, -0.05) is 78.1 Å². The second-order valence-corrected chi connectivity index (χ2v) is 6.04. The van der Waals surface area contributed by atoms with Gasteiger partial charge in [-0.05, 0) is 24.3 Å². The topological polar surface area (TPSA) is 75.1 Å². The lowest BCUT2D eigenvalue weighted by molar-refractivity contribution is 0.129. The Morgan fingerprint density at radius 2 is 1.45 bits per heavy atom. The number of amides is 1. The lowest BCUT2D eigenvalue weighted by Crippen LogP contribution is -2.12. The predicted octanol–water partition coefficient (Wildman–Crippen LogP) is 6.77. The molecule has 0 bridgehead atoms. The molecule has 0 saturated heterocycles. The Morgan fingerprint density at radius 1 is 0.955 bits per heavy atom. The third-order valence-electron chi connectivity index (χ3n) is 4.00. The molecule has 22 heavy (non-hydrogen) atoms. The monoisotopic (exact) mass is 311 g/mol. The number of hydrogen-bond acceptors (Lipinski definition) is 2. The van der Waals surface area contributed by atoms with Crippen LogP contribution < -0.4 is 0 Å². The van der Waals surface area contributed by atoms with Gasteiger partial charge in [0, 0.05) is 10.0 Å². The van der Waals surface area contributed by atoms with Gasteiger partial charge in [-0.15, -0.1) is 0 Å². The van der Waals surface area contributed by atoms with Crippen molar-refractivity contribution in [3.63, 3.8) is 0 Å². The second kappa shape index (κ2) is 16.2. The summed E-state index contributed by atoms with van der Waals surface area (Å²) in [5.74, 6) is 0.404. The van der Waals surface area contributed by atoms with E-state index in [9.17, 15) is 4.79 Å². The third-order valence-corrected chi connectivity index (χ3v) is 4.00. The van der Waals surface area contributed by atoms with Crippen molar-refractivity contribution in [1.82, 2.24) is 0 Å². The summed E-state index contributed by atoms with van der Waals surface area (Å²) in [4.78, 5) is 13.6. The van der Waals surface area contributed by atoms with Crippen LogP contribution >= 0.6 is 0 Å². The van der Waals surface area contributed by atoms with Gasteiger partial charge in [0.2, 0.25) is 0 Å². The van der Waals surface area contributed by atoms with Crippen molar-refractivity contribution < 1.29 is 9.53 Å². The number of rotatable bonds is 14. The first kappa shape index (κ1) is 20.8. The number of nitrogens with zero attached hydrogens (tertiary/aromatic N) is 3. The number of hydrogen-bond donors (Lipinski definition) is 0. The van der Waals surface area contributed by atoms with E-state index < -0.39 is 6.09 Å². The SMILES string of the molecule is CCCCCCCCC(CCCCCC)COC(=O)N=[N+]=[N-]. The maximum Gasteiger partial charge on any atom is 0.396 e. The lowest BCUT2D eigenvalue weighted by atomic mass is 9.95. The summed E-state index contributed by atoms with van der Waals surface area (Å²) in [6.45, 7) is 4.82. The Labute approximate surface area is 135 Å². The van der Waals surface area contributed by atoms with Gasteiger partial charge in [0.15, 0.2) is 0 Å². The summed E-state index contributed by atoms with van der Waals surface area (Å²) in [6, 6.07) is 0. The number of azide groups is 1. The Morgan fingerprint density at radius 3 is 2.00 bits per heavy atom. The van der Waals surface area contributed by atoms with E-state index in [1.165, 1.54) is 64.2 Å². The first-order chi connectivity index (χ1) is 10.7. The molecule has 0 aliphatic rings. The fourth-order valence-corrected chi connectivity index (χ4v) is 2.64. The van der Waals surface area contributed by atoms with Crippen molar-refractivity contribution in [3.8, 4) is 0 Å². The van der Waals surface area contributed by atoms with Gasteiger partial charge in [0.1, 0.15) is 0 Å². The van der Waals surface area contributed by atoms with Crippen molar-refractivity contribution in [3.05, 3.63) is 10.4 Å². The van der Waals surface area contributed by atoms with Crippen LogP contribution in [0, 0.1) is 5.92 Å². The fourth-order valence-electron chi connectivity index (χ4n) is 2.64. The van der Waals surface area contributed by atoms with Crippen molar-refractivity contribution in [2.24, 2.45) is 11.0 Å². The molecule has 128 valence electrons. The number of carbonyl (C=O) groups is 1. The summed E-state index contributed by atoms with van der Waals surface area (Å²) < 4.78 is 5.04. The maximum absolute atomic E-state index is 11.1. The van der Waals surface area contributed by atoms with Gasteiger partial charge >= 0.3 is 6.09 Å². The van der Waals surface area contributed by atoms with Crippen molar-refractivity contribution in [2.75, 3.05) is 6.61 Å². The molecule has 0 fully saturated rings. The van der Waals surface area contributed by atoms with Crippen LogP contribution in [0.3, 0.4) is 0 Å². The zero-order valence-corrected chi connectivity index (χ0v) is 14.4. The van der Waals surface area contributed by atoms with Crippen molar-refractivity contribution in [2.45, 2.75) is 90.9 Å². The largest absolute Gasteiger partial charge is 0.461 e. The maximum atomic E-state index is 11.1. The van der Waals surface area contributed by atoms with Gasteiger partial charge in [-0.2, -0.15) is 0 Å². The first-order valence-electron chi connectivity index (χ1n) is 8.96. The van der Waals surface area contributed by atoms with Crippen molar-refractivity contribution in [1.29, 1.82) is 0 Å². The van der Waals surface area contributed by atoms with E-state index in [2.05, 4.69) is 23.9 Å². The molecule has 1 unspecified atom stereocenters. The average Bonchev–Trinajstić information content (AvgIpc) is 2.51. The zero-order valence-electron chi connectivity index (χ0n) is 14.4. The predicted molar refractivity (Wildman–Crippen MR) is 90.7 cm³/mol. The molecule has 1 amide bonds. The third kappa shape index (κ3) is 13.7. The molecule has 0 aromatic carbocycles. The molecule has 0 aromatic rings. The van der Waals surface area contributed by atoms with Gasteiger partial charge in [0.05, 0.1) is 6.61 Å². The van der Waals surface area contributed by atoms with Crippen LogP contribution in [-0.4, -0.2) is 12.7 Å². The van der Waals surface area contributed by atoms with E-state index in [1.54, 1.807) is 0 Å². The standard InChI is InChI=1S/C17H33N3O2/c1-3-5-7-9-10-12-14-16(13-11-8-6-4-2)15-22-17(21)19-20-18/h16H,3-15H2,1-2H3. The van der Waals surface area contributed by atoms with E-state index >= 15 is 0 Å². The zero-order chi connectivity index (χ0) is 16.5. The summed E-state index contributed by atoms with van der Waals surface area (Å²) >= 11 is 0. The summed E-state index contributed by atoms with van der Waals surface area (Å²) in [6.07, 6.45) is 14.0. The van der Waals surface area contributed by atoms with Crippen LogP contribution in [0.1, 0.15) is 90.9 Å². The van der Waals surface area contributed by atoms with E-state index in [4.69, 9.17) is 10.3 Å². The number of ether oxygens (including phenoxy) is 1. The van der Waals surface area contributed by atoms with Gasteiger partial charge < -0.3 is 4.74 Å². The van der Waals surface area contributed by atoms with Gasteiger partial charge in [-0.25, -0.2) is 4.79 Å². The molecule has 0 rings (SSSR count). The van der Waals surface area contributed by atoms with E-state index in [1.807, 2.05) is 0 Å². The minimum atomic E-state index is -0.802. The van der Waals surface area contributed by atoms with E-state index in [0.717, 1.165) is 12.8 Å². The second-order valence-electron chi connectivity index (χ2n) is 6.04. The van der Waals surface area contributed by atoms with Crippen LogP contribution in [-0.2, 0) is 4.74 Å². The molecule has 0 aliphatic carbocycles. The molecule has 0 aliphatic heterocycles. The lowest BCUT2D eigenvalue weighted by Gasteiger charge is -2.16. The number of carbonyl (C=O) groups excluding carboxylic acids is 1. The Kier molecular flexibility index (Phi) is 15.3. The molecule has 0 saturated carbocycles.